The van der Waals surface area contributed by atoms with Crippen molar-refractivity contribution in [2.45, 2.75) is 45.3 Å². The first-order chi connectivity index (χ1) is 12.1. The highest BCUT2D eigenvalue weighted by atomic mass is 19.1. The van der Waals surface area contributed by atoms with Gasteiger partial charge in [0.25, 0.3) is 0 Å². The zero-order valence-corrected chi connectivity index (χ0v) is 14.9. The molecule has 2 aliphatic heterocycles. The van der Waals surface area contributed by atoms with Gasteiger partial charge in [-0.25, -0.2) is 9.37 Å². The number of hydrogen-bond donors (Lipinski definition) is 0. The highest BCUT2D eigenvalue weighted by molar-refractivity contribution is 5.22. The molecule has 2 atom stereocenters. The number of benzene rings is 1. The monoisotopic (exact) mass is 340 g/mol. The summed E-state index contributed by atoms with van der Waals surface area (Å²) in [5.74, 6) is 1.59. The van der Waals surface area contributed by atoms with E-state index < -0.39 is 0 Å². The van der Waals surface area contributed by atoms with E-state index in [1.54, 1.807) is 6.07 Å². The summed E-state index contributed by atoms with van der Waals surface area (Å²) in [6.07, 6.45) is 3.82. The average molecular weight is 340 g/mol. The molecule has 4 heteroatoms. The summed E-state index contributed by atoms with van der Waals surface area (Å²) in [5.41, 5.74) is 2.65. The number of fused-ring (bicyclic) bond motifs is 2. The van der Waals surface area contributed by atoms with Crippen molar-refractivity contribution in [1.29, 1.82) is 0 Å². The third-order valence-corrected chi connectivity index (χ3v) is 5.98. The zero-order chi connectivity index (χ0) is 17.4. The van der Waals surface area contributed by atoms with Gasteiger partial charge in [0.2, 0.25) is 5.88 Å². The largest absolute Gasteiger partial charge is 0.476 e. The molecule has 1 saturated carbocycles. The van der Waals surface area contributed by atoms with E-state index in [0.29, 0.717) is 30.5 Å². The maximum Gasteiger partial charge on any atom is 0.213 e. The molecule has 2 aromatic rings. The Hall–Kier alpha value is -1.94. The van der Waals surface area contributed by atoms with Crippen molar-refractivity contribution < 1.29 is 9.13 Å². The van der Waals surface area contributed by atoms with Gasteiger partial charge >= 0.3 is 0 Å². The van der Waals surface area contributed by atoms with Crippen molar-refractivity contribution >= 4 is 0 Å². The Morgan fingerprint density at radius 1 is 1.16 bits per heavy atom. The summed E-state index contributed by atoms with van der Waals surface area (Å²) < 4.78 is 18.9. The Kier molecular flexibility index (Phi) is 4.46. The quantitative estimate of drug-likeness (QED) is 0.815. The normalized spacial score (nSPS) is 28.4. The molecule has 1 aromatic heterocycles. The fourth-order valence-corrected chi connectivity index (χ4v) is 4.23. The molecule has 132 valence electrons. The molecule has 3 heterocycles. The van der Waals surface area contributed by atoms with E-state index in [9.17, 15) is 4.39 Å². The number of ether oxygens (including phenoxy) is 1. The van der Waals surface area contributed by atoms with Crippen molar-refractivity contribution in [3.05, 3.63) is 59.5 Å². The second kappa shape index (κ2) is 6.75. The van der Waals surface area contributed by atoms with Gasteiger partial charge in [0.1, 0.15) is 12.4 Å². The van der Waals surface area contributed by atoms with Gasteiger partial charge in [0.05, 0.1) is 6.20 Å². The van der Waals surface area contributed by atoms with Gasteiger partial charge in [-0.15, -0.1) is 0 Å². The van der Waals surface area contributed by atoms with Gasteiger partial charge < -0.3 is 4.74 Å². The lowest BCUT2D eigenvalue weighted by Gasteiger charge is -2.57. The number of piperidine rings is 2. The summed E-state index contributed by atoms with van der Waals surface area (Å²) in [7, 11) is 0. The lowest BCUT2D eigenvalue weighted by Crippen LogP contribution is -2.62. The molecular weight excluding hydrogens is 315 g/mol. The molecule has 25 heavy (non-hydrogen) atoms. The molecule has 2 saturated heterocycles. The molecule has 3 aliphatic rings. The predicted molar refractivity (Wildman–Crippen MR) is 95.9 cm³/mol. The first-order valence-corrected chi connectivity index (χ1v) is 9.16. The van der Waals surface area contributed by atoms with Crippen molar-refractivity contribution in [1.82, 2.24) is 9.88 Å². The summed E-state index contributed by atoms with van der Waals surface area (Å²) >= 11 is 0. The van der Waals surface area contributed by atoms with E-state index in [1.807, 2.05) is 0 Å². The van der Waals surface area contributed by atoms with Crippen LogP contribution >= 0.6 is 0 Å². The van der Waals surface area contributed by atoms with Gasteiger partial charge in [-0.3, -0.25) is 4.90 Å². The number of hydrogen-bond acceptors (Lipinski definition) is 3. The third kappa shape index (κ3) is 3.40. The Bertz CT molecular complexity index is 710. The van der Waals surface area contributed by atoms with Gasteiger partial charge in [-0.2, -0.15) is 0 Å². The summed E-state index contributed by atoms with van der Waals surface area (Å²) in [6.45, 7) is 6.04. The standard InChI is InChI=1S/C21H25FN2O/c1-14-3-5-16(6-4-14)12-24-19-9-17(10-19)15(2)20(24)13-25-21-8-7-18(22)11-23-21/h3-8,11,15,17,19-20H,9-10,12-13H2,1-2H3/t15-,17?,19?,20+/m0/s1. The average Bonchev–Trinajstić information content (AvgIpc) is 2.56. The fraction of sp³-hybridized carbons (Fsp3) is 0.476. The van der Waals surface area contributed by atoms with Crippen LogP contribution in [0.4, 0.5) is 4.39 Å². The van der Waals surface area contributed by atoms with Crippen molar-refractivity contribution in [2.24, 2.45) is 11.8 Å². The van der Waals surface area contributed by atoms with Crippen LogP contribution in [0.25, 0.3) is 0 Å². The van der Waals surface area contributed by atoms with E-state index in [-0.39, 0.29) is 5.82 Å². The number of aryl methyl sites for hydroxylation is 1. The Morgan fingerprint density at radius 3 is 2.60 bits per heavy atom. The van der Waals surface area contributed by atoms with Crippen LogP contribution in [0.3, 0.4) is 0 Å². The molecule has 0 radical (unpaired) electrons. The number of pyridine rings is 1. The zero-order valence-electron chi connectivity index (χ0n) is 14.9. The molecule has 0 amide bonds. The molecule has 0 spiro atoms. The predicted octanol–water partition coefficient (Wildman–Crippen LogP) is 4.21. The van der Waals surface area contributed by atoms with E-state index in [1.165, 1.54) is 36.2 Å². The summed E-state index contributed by atoms with van der Waals surface area (Å²) in [4.78, 5) is 6.63. The van der Waals surface area contributed by atoms with Crippen LogP contribution in [0.5, 0.6) is 5.88 Å². The van der Waals surface area contributed by atoms with E-state index in [4.69, 9.17) is 4.74 Å². The van der Waals surface area contributed by atoms with Crippen LogP contribution in [0, 0.1) is 24.6 Å². The molecule has 0 N–H and O–H groups in total. The van der Waals surface area contributed by atoms with Gasteiger partial charge in [-0.05, 0) is 43.2 Å². The number of aromatic nitrogens is 1. The minimum absolute atomic E-state index is 0.333. The Labute approximate surface area is 148 Å². The molecule has 1 aliphatic carbocycles. The minimum atomic E-state index is -0.333. The van der Waals surface area contributed by atoms with E-state index in [0.717, 1.165) is 12.5 Å². The topological polar surface area (TPSA) is 25.4 Å². The van der Waals surface area contributed by atoms with E-state index >= 15 is 0 Å². The van der Waals surface area contributed by atoms with Crippen LogP contribution in [0.1, 0.15) is 30.9 Å². The third-order valence-electron chi connectivity index (χ3n) is 5.98. The maximum atomic E-state index is 13.0. The Morgan fingerprint density at radius 2 is 1.92 bits per heavy atom. The summed E-state index contributed by atoms with van der Waals surface area (Å²) in [6, 6.07) is 12.9. The molecule has 2 bridgehead atoms. The van der Waals surface area contributed by atoms with Crippen molar-refractivity contribution in [3.63, 3.8) is 0 Å². The second-order valence-electron chi connectivity index (χ2n) is 7.60. The van der Waals surface area contributed by atoms with Crippen LogP contribution in [-0.2, 0) is 6.54 Å². The highest BCUT2D eigenvalue weighted by Gasteiger charge is 2.48. The molecular formula is C21H25FN2O. The van der Waals surface area contributed by atoms with Crippen molar-refractivity contribution in [2.75, 3.05) is 6.61 Å². The van der Waals surface area contributed by atoms with Gasteiger partial charge in [0.15, 0.2) is 0 Å². The van der Waals surface area contributed by atoms with Crippen molar-refractivity contribution in [3.8, 4) is 5.88 Å². The van der Waals surface area contributed by atoms with Crippen LogP contribution in [0.15, 0.2) is 42.6 Å². The van der Waals surface area contributed by atoms with E-state index in [2.05, 4.69) is 48.0 Å². The smallest absolute Gasteiger partial charge is 0.213 e. The summed E-state index contributed by atoms with van der Waals surface area (Å²) in [5, 5.41) is 0. The number of nitrogens with zero attached hydrogens (tertiary/aromatic N) is 2. The lowest BCUT2D eigenvalue weighted by atomic mass is 9.65. The second-order valence-corrected chi connectivity index (χ2v) is 7.60. The first-order valence-electron chi connectivity index (χ1n) is 9.16. The van der Waals surface area contributed by atoms with Crippen LogP contribution in [-0.4, -0.2) is 28.6 Å². The van der Waals surface area contributed by atoms with Crippen LogP contribution < -0.4 is 4.74 Å². The molecule has 3 nitrogen and oxygen atoms in total. The SMILES string of the molecule is Cc1ccc(CN2C3CC(C3)[C@H](C)[C@H]2COc2ccc(F)cn2)cc1. The molecule has 5 rings (SSSR count). The number of halogens is 1. The maximum absolute atomic E-state index is 13.0. The van der Waals surface area contributed by atoms with Crippen LogP contribution in [0.2, 0.25) is 0 Å². The molecule has 0 unspecified atom stereocenters. The minimum Gasteiger partial charge on any atom is -0.476 e. The lowest BCUT2D eigenvalue weighted by molar-refractivity contribution is -0.0926. The first kappa shape index (κ1) is 16.5. The van der Waals surface area contributed by atoms with Gasteiger partial charge in [0, 0.05) is 24.7 Å². The molecule has 1 aromatic carbocycles. The fourth-order valence-electron chi connectivity index (χ4n) is 4.23. The highest BCUT2D eigenvalue weighted by Crippen LogP contribution is 2.46. The molecule has 3 fully saturated rings. The Balaban J connectivity index is 1.46. The number of rotatable bonds is 5. The van der Waals surface area contributed by atoms with Gasteiger partial charge in [-0.1, -0.05) is 36.8 Å².